The van der Waals surface area contributed by atoms with Gasteiger partial charge in [-0.3, -0.25) is 9.59 Å². The largest absolute Gasteiger partial charge is 0.383 e. The maximum atomic E-state index is 13.1. The molecule has 1 fully saturated rings. The quantitative estimate of drug-likeness (QED) is 0.835. The monoisotopic (exact) mass is 344 g/mol. The lowest BCUT2D eigenvalue weighted by Gasteiger charge is -2.37. The number of benzene rings is 1. The van der Waals surface area contributed by atoms with Gasteiger partial charge in [-0.2, -0.15) is 0 Å². The standard InChI is InChI=1S/C20H28N2O3/c1-25-13-12-22-18(23)14-15-8-6-7-11-17(15)19(22)20(24)21-16-9-4-2-3-5-10-16/h6-8,11,16,19H,2-5,9-10,12-14H2,1H3,(H,21,24)/t19-/m0/s1. The molecule has 0 saturated heterocycles. The summed E-state index contributed by atoms with van der Waals surface area (Å²) in [4.78, 5) is 27.4. The van der Waals surface area contributed by atoms with Gasteiger partial charge >= 0.3 is 0 Å². The number of carbonyl (C=O) groups excluding carboxylic acids is 2. The van der Waals surface area contributed by atoms with Gasteiger partial charge in [-0.15, -0.1) is 0 Å². The third kappa shape index (κ3) is 4.21. The number of hydrogen-bond acceptors (Lipinski definition) is 3. The molecule has 1 aliphatic heterocycles. The molecule has 3 rings (SSSR count). The summed E-state index contributed by atoms with van der Waals surface area (Å²) in [5, 5.41) is 3.22. The number of rotatable bonds is 5. The first-order valence-electron chi connectivity index (χ1n) is 9.37. The van der Waals surface area contributed by atoms with Crippen LogP contribution >= 0.6 is 0 Å². The molecule has 5 heteroatoms. The smallest absolute Gasteiger partial charge is 0.247 e. The van der Waals surface area contributed by atoms with E-state index in [4.69, 9.17) is 4.74 Å². The molecule has 1 aliphatic carbocycles. The van der Waals surface area contributed by atoms with Crippen molar-refractivity contribution in [3.63, 3.8) is 0 Å². The van der Waals surface area contributed by atoms with Crippen molar-refractivity contribution in [2.75, 3.05) is 20.3 Å². The first-order chi connectivity index (χ1) is 12.2. The van der Waals surface area contributed by atoms with Crippen molar-refractivity contribution in [3.05, 3.63) is 35.4 Å². The van der Waals surface area contributed by atoms with E-state index in [1.54, 1.807) is 12.0 Å². The molecule has 0 radical (unpaired) electrons. The summed E-state index contributed by atoms with van der Waals surface area (Å²) in [6, 6.07) is 7.47. The highest BCUT2D eigenvalue weighted by atomic mass is 16.5. The van der Waals surface area contributed by atoms with E-state index in [0.29, 0.717) is 19.6 Å². The van der Waals surface area contributed by atoms with Crippen molar-refractivity contribution < 1.29 is 14.3 Å². The van der Waals surface area contributed by atoms with Crippen LogP contribution in [0.15, 0.2) is 24.3 Å². The van der Waals surface area contributed by atoms with Crippen LogP contribution < -0.4 is 5.32 Å². The molecule has 0 aromatic heterocycles. The fourth-order valence-electron chi connectivity index (χ4n) is 3.97. The molecule has 1 aromatic carbocycles. The Bertz CT molecular complexity index is 609. The highest BCUT2D eigenvalue weighted by Gasteiger charge is 2.37. The van der Waals surface area contributed by atoms with E-state index in [2.05, 4.69) is 5.32 Å². The number of hydrogen-bond donors (Lipinski definition) is 1. The van der Waals surface area contributed by atoms with E-state index >= 15 is 0 Å². The maximum Gasteiger partial charge on any atom is 0.247 e. The molecule has 136 valence electrons. The predicted octanol–water partition coefficient (Wildman–Crippen LogP) is 2.60. The summed E-state index contributed by atoms with van der Waals surface area (Å²) < 4.78 is 5.15. The van der Waals surface area contributed by atoms with Gasteiger partial charge in [0.2, 0.25) is 11.8 Å². The minimum absolute atomic E-state index is 0.00299. The lowest BCUT2D eigenvalue weighted by molar-refractivity contribution is -0.142. The number of fused-ring (bicyclic) bond motifs is 1. The Kier molecular flexibility index (Phi) is 6.08. The van der Waals surface area contributed by atoms with Crippen LogP contribution in [0.3, 0.4) is 0 Å². The molecule has 0 spiro atoms. The van der Waals surface area contributed by atoms with Crippen molar-refractivity contribution in [2.45, 2.75) is 57.0 Å². The number of methoxy groups -OCH3 is 1. The van der Waals surface area contributed by atoms with E-state index in [9.17, 15) is 9.59 Å². The van der Waals surface area contributed by atoms with Crippen LogP contribution in [0.5, 0.6) is 0 Å². The minimum atomic E-state index is -0.546. The van der Waals surface area contributed by atoms with Gasteiger partial charge in [0.1, 0.15) is 6.04 Å². The molecule has 1 atom stereocenters. The fourth-order valence-corrected chi connectivity index (χ4v) is 3.97. The van der Waals surface area contributed by atoms with Crippen molar-refractivity contribution >= 4 is 11.8 Å². The zero-order chi connectivity index (χ0) is 17.6. The predicted molar refractivity (Wildman–Crippen MR) is 96.1 cm³/mol. The van der Waals surface area contributed by atoms with E-state index in [1.807, 2.05) is 24.3 Å². The highest BCUT2D eigenvalue weighted by molar-refractivity contribution is 5.92. The summed E-state index contributed by atoms with van der Waals surface area (Å²) in [6.07, 6.45) is 7.25. The van der Waals surface area contributed by atoms with Gasteiger partial charge in [-0.05, 0) is 24.0 Å². The Labute approximate surface area is 149 Å². The van der Waals surface area contributed by atoms with Crippen molar-refractivity contribution in [1.82, 2.24) is 10.2 Å². The van der Waals surface area contributed by atoms with Gasteiger partial charge in [-0.25, -0.2) is 0 Å². The van der Waals surface area contributed by atoms with E-state index in [0.717, 1.165) is 24.0 Å². The number of ether oxygens (including phenoxy) is 1. The van der Waals surface area contributed by atoms with Crippen molar-refractivity contribution in [1.29, 1.82) is 0 Å². The van der Waals surface area contributed by atoms with E-state index in [-0.39, 0.29) is 17.9 Å². The first kappa shape index (κ1) is 17.9. The van der Waals surface area contributed by atoms with Crippen LogP contribution in [0.25, 0.3) is 0 Å². The zero-order valence-corrected chi connectivity index (χ0v) is 15.0. The Morgan fingerprint density at radius 1 is 1.20 bits per heavy atom. The van der Waals surface area contributed by atoms with Crippen LogP contribution in [-0.4, -0.2) is 43.0 Å². The zero-order valence-electron chi connectivity index (χ0n) is 15.0. The van der Waals surface area contributed by atoms with Crippen molar-refractivity contribution in [2.24, 2.45) is 0 Å². The molecule has 1 N–H and O–H groups in total. The molecule has 1 saturated carbocycles. The van der Waals surface area contributed by atoms with Gasteiger partial charge in [0.05, 0.1) is 13.0 Å². The lowest BCUT2D eigenvalue weighted by atomic mass is 9.91. The van der Waals surface area contributed by atoms with Crippen LogP contribution in [0.2, 0.25) is 0 Å². The number of amides is 2. The second kappa shape index (κ2) is 8.48. The highest BCUT2D eigenvalue weighted by Crippen LogP contribution is 2.31. The van der Waals surface area contributed by atoms with Gasteiger partial charge in [0, 0.05) is 19.7 Å². The Balaban J connectivity index is 1.82. The van der Waals surface area contributed by atoms with Crippen LogP contribution in [0, 0.1) is 0 Å². The average molecular weight is 344 g/mol. The van der Waals surface area contributed by atoms with E-state index < -0.39 is 6.04 Å². The van der Waals surface area contributed by atoms with Crippen LogP contribution in [0.4, 0.5) is 0 Å². The Morgan fingerprint density at radius 2 is 1.92 bits per heavy atom. The van der Waals surface area contributed by atoms with Crippen LogP contribution in [0.1, 0.15) is 55.7 Å². The third-order valence-corrected chi connectivity index (χ3v) is 5.31. The van der Waals surface area contributed by atoms with Gasteiger partial charge in [0.25, 0.3) is 0 Å². The van der Waals surface area contributed by atoms with Gasteiger partial charge in [-0.1, -0.05) is 49.9 Å². The summed E-state index contributed by atoms with van der Waals surface area (Å²) >= 11 is 0. The summed E-state index contributed by atoms with van der Waals surface area (Å²) in [5.41, 5.74) is 1.91. The van der Waals surface area contributed by atoms with E-state index in [1.165, 1.54) is 25.7 Å². The SMILES string of the molecule is COCCN1C(=O)Cc2ccccc2[C@H]1C(=O)NC1CCCCCC1. The van der Waals surface area contributed by atoms with Crippen molar-refractivity contribution in [3.8, 4) is 0 Å². The lowest BCUT2D eigenvalue weighted by Crippen LogP contribution is -2.50. The molecule has 1 aromatic rings. The minimum Gasteiger partial charge on any atom is -0.383 e. The second-order valence-electron chi connectivity index (χ2n) is 7.06. The fraction of sp³-hybridized carbons (Fsp3) is 0.600. The summed E-state index contributed by atoms with van der Waals surface area (Å²) in [5.74, 6) is -0.0553. The Hall–Kier alpha value is -1.88. The van der Waals surface area contributed by atoms with Gasteiger partial charge in [0.15, 0.2) is 0 Å². The van der Waals surface area contributed by atoms with Gasteiger partial charge < -0.3 is 15.0 Å². The second-order valence-corrected chi connectivity index (χ2v) is 7.06. The molecular formula is C20H28N2O3. The summed E-state index contributed by atoms with van der Waals surface area (Å²) in [7, 11) is 1.61. The average Bonchev–Trinajstić information content (AvgIpc) is 2.88. The third-order valence-electron chi connectivity index (χ3n) is 5.31. The molecule has 0 unspecified atom stereocenters. The molecule has 2 amide bonds. The molecule has 2 aliphatic rings. The topological polar surface area (TPSA) is 58.6 Å². The molecule has 1 heterocycles. The number of nitrogens with one attached hydrogen (secondary N) is 1. The summed E-state index contributed by atoms with van der Waals surface area (Å²) in [6.45, 7) is 0.869. The number of carbonyl (C=O) groups is 2. The molecule has 25 heavy (non-hydrogen) atoms. The number of nitrogens with zero attached hydrogens (tertiary/aromatic N) is 1. The normalized spacial score (nSPS) is 21.6. The molecular weight excluding hydrogens is 316 g/mol. The first-order valence-corrected chi connectivity index (χ1v) is 9.37. The van der Waals surface area contributed by atoms with Crippen LogP contribution in [-0.2, 0) is 20.7 Å². The maximum absolute atomic E-state index is 13.1. The molecule has 0 bridgehead atoms. The molecule has 5 nitrogen and oxygen atoms in total. The Morgan fingerprint density at radius 3 is 2.64 bits per heavy atom.